The smallest absolute Gasteiger partial charge is 0.258 e. The molecule has 0 unspecified atom stereocenters. The van der Waals surface area contributed by atoms with Gasteiger partial charge in [0.05, 0.1) is 4.92 Å². The van der Waals surface area contributed by atoms with Crippen molar-refractivity contribution in [1.82, 2.24) is 4.72 Å². The quantitative estimate of drug-likeness (QED) is 0.369. The number of sulfonamides is 1. The van der Waals surface area contributed by atoms with E-state index in [1.165, 1.54) is 12.1 Å². The molecule has 106 valence electrons. The molecule has 0 aliphatic rings. The summed E-state index contributed by atoms with van der Waals surface area (Å²) in [5.74, 6) is 0. The Bertz CT molecular complexity index is 587. The standard InChI is InChI=1S/C11H15BrN2O4S/c1-8-6-10(14(15)16)11(7-9(8)2)19(17,18)13-5-3-4-12/h6-7,13H,3-5H2,1-2H3. The number of nitro groups is 1. The Kier molecular flexibility index (Phi) is 5.45. The van der Waals surface area contributed by atoms with Crippen LogP contribution in [0.15, 0.2) is 17.0 Å². The van der Waals surface area contributed by atoms with Gasteiger partial charge in [-0.2, -0.15) is 0 Å². The first-order valence-electron chi connectivity index (χ1n) is 5.61. The van der Waals surface area contributed by atoms with Crippen LogP contribution in [0.1, 0.15) is 17.5 Å². The molecule has 0 aliphatic carbocycles. The Balaban J connectivity index is 3.25. The van der Waals surface area contributed by atoms with Crippen LogP contribution in [0.25, 0.3) is 0 Å². The Morgan fingerprint density at radius 2 is 1.89 bits per heavy atom. The Morgan fingerprint density at radius 3 is 2.42 bits per heavy atom. The van der Waals surface area contributed by atoms with Crippen LogP contribution >= 0.6 is 15.9 Å². The first kappa shape index (κ1) is 16.1. The molecule has 1 aromatic carbocycles. The summed E-state index contributed by atoms with van der Waals surface area (Å²) in [6, 6.07) is 2.62. The van der Waals surface area contributed by atoms with E-state index in [9.17, 15) is 18.5 Å². The zero-order valence-corrected chi connectivity index (χ0v) is 13.0. The van der Waals surface area contributed by atoms with E-state index in [0.717, 1.165) is 0 Å². The van der Waals surface area contributed by atoms with E-state index in [2.05, 4.69) is 20.7 Å². The predicted molar refractivity (Wildman–Crippen MR) is 76.2 cm³/mol. The van der Waals surface area contributed by atoms with Gasteiger partial charge in [0.25, 0.3) is 5.69 Å². The zero-order valence-electron chi connectivity index (χ0n) is 10.6. The van der Waals surface area contributed by atoms with Gasteiger partial charge >= 0.3 is 0 Å². The van der Waals surface area contributed by atoms with Gasteiger partial charge in [0, 0.05) is 17.9 Å². The van der Waals surface area contributed by atoms with Gasteiger partial charge in [-0.3, -0.25) is 10.1 Å². The SMILES string of the molecule is Cc1cc([N+](=O)[O-])c(S(=O)(=O)NCCCBr)cc1C. The lowest BCUT2D eigenvalue weighted by molar-refractivity contribution is -0.387. The van der Waals surface area contributed by atoms with Crippen molar-refractivity contribution in [3.05, 3.63) is 33.4 Å². The maximum atomic E-state index is 12.1. The first-order valence-corrected chi connectivity index (χ1v) is 8.21. The van der Waals surface area contributed by atoms with Gasteiger partial charge in [-0.1, -0.05) is 15.9 Å². The maximum absolute atomic E-state index is 12.1. The van der Waals surface area contributed by atoms with Crippen molar-refractivity contribution in [2.75, 3.05) is 11.9 Å². The molecule has 0 aliphatic heterocycles. The molecule has 1 aromatic rings. The average Bonchev–Trinajstić information content (AvgIpc) is 2.31. The number of rotatable bonds is 6. The minimum Gasteiger partial charge on any atom is -0.258 e. The predicted octanol–water partition coefficient (Wildman–Crippen LogP) is 2.27. The van der Waals surface area contributed by atoms with E-state index in [4.69, 9.17) is 0 Å². The average molecular weight is 351 g/mol. The fourth-order valence-electron chi connectivity index (χ4n) is 1.48. The minimum atomic E-state index is -3.86. The van der Waals surface area contributed by atoms with Crippen LogP contribution in [0.3, 0.4) is 0 Å². The van der Waals surface area contributed by atoms with Crippen molar-refractivity contribution in [1.29, 1.82) is 0 Å². The van der Waals surface area contributed by atoms with E-state index >= 15 is 0 Å². The monoisotopic (exact) mass is 350 g/mol. The van der Waals surface area contributed by atoms with E-state index < -0.39 is 20.6 Å². The first-order chi connectivity index (χ1) is 8.79. The molecule has 6 nitrogen and oxygen atoms in total. The molecule has 0 heterocycles. The van der Waals surface area contributed by atoms with Crippen molar-refractivity contribution >= 4 is 31.6 Å². The molecular formula is C11H15BrN2O4S. The maximum Gasteiger partial charge on any atom is 0.289 e. The van der Waals surface area contributed by atoms with Gasteiger partial charge in [0.15, 0.2) is 4.90 Å². The lowest BCUT2D eigenvalue weighted by Crippen LogP contribution is -2.26. The molecule has 0 amide bonds. The molecule has 0 bridgehead atoms. The molecule has 0 spiro atoms. The minimum absolute atomic E-state index is 0.234. The highest BCUT2D eigenvalue weighted by Gasteiger charge is 2.26. The summed E-state index contributed by atoms with van der Waals surface area (Å²) in [5.41, 5.74) is 0.993. The molecule has 8 heteroatoms. The molecular weight excluding hydrogens is 336 g/mol. The largest absolute Gasteiger partial charge is 0.289 e. The Morgan fingerprint density at radius 1 is 1.32 bits per heavy atom. The zero-order chi connectivity index (χ0) is 14.6. The van der Waals surface area contributed by atoms with Crippen LogP contribution in [0.5, 0.6) is 0 Å². The van der Waals surface area contributed by atoms with E-state index in [0.29, 0.717) is 22.9 Å². The lowest BCUT2D eigenvalue weighted by atomic mass is 10.1. The number of benzene rings is 1. The molecule has 0 radical (unpaired) electrons. The van der Waals surface area contributed by atoms with Crippen LogP contribution in [-0.2, 0) is 10.0 Å². The topological polar surface area (TPSA) is 89.3 Å². The number of alkyl halides is 1. The van der Waals surface area contributed by atoms with Crippen LogP contribution < -0.4 is 4.72 Å². The summed E-state index contributed by atoms with van der Waals surface area (Å²) in [4.78, 5) is 10.0. The highest BCUT2D eigenvalue weighted by Crippen LogP contribution is 2.27. The Hall–Kier alpha value is -0.990. The van der Waals surface area contributed by atoms with Crippen LogP contribution in [0.4, 0.5) is 5.69 Å². The number of hydrogen-bond donors (Lipinski definition) is 1. The van der Waals surface area contributed by atoms with Crippen LogP contribution in [-0.4, -0.2) is 25.2 Å². The number of nitrogens with zero attached hydrogens (tertiary/aromatic N) is 1. The van der Waals surface area contributed by atoms with E-state index in [1.807, 2.05) is 0 Å². The molecule has 0 fully saturated rings. The summed E-state index contributed by atoms with van der Waals surface area (Å²) in [6.45, 7) is 3.66. The summed E-state index contributed by atoms with van der Waals surface area (Å²) >= 11 is 3.19. The highest BCUT2D eigenvalue weighted by molar-refractivity contribution is 9.09. The molecule has 1 rings (SSSR count). The number of halogens is 1. The van der Waals surface area contributed by atoms with Crippen molar-refractivity contribution in [3.8, 4) is 0 Å². The van der Waals surface area contributed by atoms with E-state index in [1.54, 1.807) is 13.8 Å². The third kappa shape index (κ3) is 3.99. The third-order valence-electron chi connectivity index (χ3n) is 2.66. The van der Waals surface area contributed by atoms with Crippen LogP contribution in [0, 0.1) is 24.0 Å². The van der Waals surface area contributed by atoms with Gasteiger partial charge < -0.3 is 0 Å². The van der Waals surface area contributed by atoms with E-state index in [-0.39, 0.29) is 11.4 Å². The molecule has 0 aromatic heterocycles. The third-order valence-corrected chi connectivity index (χ3v) is 4.71. The van der Waals surface area contributed by atoms with Gasteiger partial charge in [-0.15, -0.1) is 0 Å². The van der Waals surface area contributed by atoms with Crippen molar-refractivity contribution in [2.24, 2.45) is 0 Å². The normalized spacial score (nSPS) is 11.5. The number of hydrogen-bond acceptors (Lipinski definition) is 4. The van der Waals surface area contributed by atoms with Crippen molar-refractivity contribution in [3.63, 3.8) is 0 Å². The molecule has 0 saturated carbocycles. The fraction of sp³-hybridized carbons (Fsp3) is 0.455. The van der Waals surface area contributed by atoms with Gasteiger partial charge in [0.1, 0.15) is 0 Å². The van der Waals surface area contributed by atoms with Crippen LogP contribution in [0.2, 0.25) is 0 Å². The van der Waals surface area contributed by atoms with Crippen molar-refractivity contribution < 1.29 is 13.3 Å². The molecule has 1 N–H and O–H groups in total. The second-order valence-electron chi connectivity index (χ2n) is 4.10. The van der Waals surface area contributed by atoms with Gasteiger partial charge in [0.2, 0.25) is 10.0 Å². The van der Waals surface area contributed by atoms with Gasteiger partial charge in [-0.25, -0.2) is 13.1 Å². The second kappa shape index (κ2) is 6.44. The van der Waals surface area contributed by atoms with Gasteiger partial charge in [-0.05, 0) is 37.5 Å². The summed E-state index contributed by atoms with van der Waals surface area (Å²) < 4.78 is 26.5. The Labute approximate surface area is 120 Å². The summed E-state index contributed by atoms with van der Waals surface area (Å²) in [5, 5.41) is 11.6. The number of nitro benzene ring substituents is 1. The summed E-state index contributed by atoms with van der Waals surface area (Å²) in [6.07, 6.45) is 0.609. The highest BCUT2D eigenvalue weighted by atomic mass is 79.9. The number of aryl methyl sites for hydroxylation is 2. The number of nitrogens with one attached hydrogen (secondary N) is 1. The lowest BCUT2D eigenvalue weighted by Gasteiger charge is -2.09. The molecule has 0 saturated heterocycles. The van der Waals surface area contributed by atoms with Crippen molar-refractivity contribution in [2.45, 2.75) is 25.2 Å². The summed E-state index contributed by atoms with van der Waals surface area (Å²) in [7, 11) is -3.86. The second-order valence-corrected chi connectivity index (χ2v) is 6.63. The molecule has 19 heavy (non-hydrogen) atoms. The fourth-order valence-corrected chi connectivity index (χ4v) is 3.07. The molecule has 0 atom stereocenters.